The summed E-state index contributed by atoms with van der Waals surface area (Å²) in [6, 6.07) is 5.92. The number of carbonyl (C=O) groups excluding carboxylic acids is 2. The number of carboxylic acid groups (broad SMARTS) is 1. The van der Waals surface area contributed by atoms with Gasteiger partial charge in [-0.05, 0) is 19.8 Å². The lowest BCUT2D eigenvalue weighted by molar-refractivity contribution is -0.147. The lowest BCUT2D eigenvalue weighted by atomic mass is 10.1. The van der Waals surface area contributed by atoms with Crippen molar-refractivity contribution < 1.29 is 24.2 Å². The molecule has 1 aromatic rings. The summed E-state index contributed by atoms with van der Waals surface area (Å²) in [6.07, 6.45) is 1.03. The molecule has 0 saturated carbocycles. The molecule has 2 rings (SSSR count). The second-order valence-electron chi connectivity index (χ2n) is 6.75. The predicted octanol–water partition coefficient (Wildman–Crippen LogP) is 0.224. The van der Waals surface area contributed by atoms with Crippen LogP contribution < -0.4 is 11.1 Å². The molecule has 152 valence electrons. The van der Waals surface area contributed by atoms with Crippen LogP contribution in [0.25, 0.3) is 0 Å². The van der Waals surface area contributed by atoms with E-state index < -0.39 is 12.0 Å². The fourth-order valence-corrected chi connectivity index (χ4v) is 2.98. The second-order valence-corrected chi connectivity index (χ2v) is 6.75. The summed E-state index contributed by atoms with van der Waals surface area (Å²) in [7, 11) is 0. The van der Waals surface area contributed by atoms with Crippen LogP contribution >= 0.6 is 0 Å². The van der Waals surface area contributed by atoms with Crippen molar-refractivity contribution >= 4 is 23.5 Å². The normalized spacial score (nSPS) is 15.8. The molecule has 1 fully saturated rings. The first kappa shape index (κ1) is 21.5. The molecule has 0 aromatic heterocycles. The van der Waals surface area contributed by atoms with Crippen molar-refractivity contribution in [2.45, 2.75) is 31.9 Å². The number of piperidine rings is 1. The molecule has 0 unspecified atom stereocenters. The first-order chi connectivity index (χ1) is 13.3. The Morgan fingerprint density at radius 1 is 1.25 bits per heavy atom. The van der Waals surface area contributed by atoms with Gasteiger partial charge in [-0.3, -0.25) is 20.3 Å². The Kier molecular flexibility index (Phi) is 7.65. The quantitative estimate of drug-likeness (QED) is 0.268. The molecule has 0 radical (unpaired) electrons. The van der Waals surface area contributed by atoms with Crippen molar-refractivity contribution in [3.05, 3.63) is 35.4 Å². The molecular weight excluding hydrogens is 364 g/mol. The van der Waals surface area contributed by atoms with Crippen LogP contribution in [0.3, 0.4) is 0 Å². The number of ketones is 1. The first-order valence-corrected chi connectivity index (χ1v) is 9.11. The molecule has 0 aliphatic carbocycles. The number of nitrogen functional groups attached to an aromatic ring is 1. The van der Waals surface area contributed by atoms with E-state index >= 15 is 0 Å². The second kappa shape index (κ2) is 9.95. The number of amides is 1. The van der Waals surface area contributed by atoms with E-state index in [0.717, 1.165) is 0 Å². The maximum absolute atomic E-state index is 12.5. The van der Waals surface area contributed by atoms with Crippen LogP contribution in [0.1, 0.15) is 35.7 Å². The highest BCUT2D eigenvalue weighted by atomic mass is 16.5. The van der Waals surface area contributed by atoms with Gasteiger partial charge in [-0.15, -0.1) is 0 Å². The van der Waals surface area contributed by atoms with Gasteiger partial charge in [-0.25, -0.2) is 4.79 Å². The molecule has 5 N–H and O–H groups in total. The van der Waals surface area contributed by atoms with Crippen LogP contribution in [0, 0.1) is 5.41 Å². The zero-order valence-corrected chi connectivity index (χ0v) is 15.8. The molecule has 1 amide bonds. The van der Waals surface area contributed by atoms with E-state index in [9.17, 15) is 14.4 Å². The molecule has 1 atom stereocenters. The number of ether oxygens (including phenoxy) is 1. The van der Waals surface area contributed by atoms with E-state index in [-0.39, 0.29) is 36.8 Å². The number of hydrogen-bond acceptors (Lipinski definition) is 6. The fourth-order valence-electron chi connectivity index (χ4n) is 2.98. The minimum Gasteiger partial charge on any atom is -0.480 e. The number of likely N-dealkylation sites (tertiary alicyclic amines) is 1. The summed E-state index contributed by atoms with van der Waals surface area (Å²) in [4.78, 5) is 37.0. The van der Waals surface area contributed by atoms with Gasteiger partial charge >= 0.3 is 5.97 Å². The number of aliphatic carboxylic acids is 1. The molecule has 1 aliphatic rings. The van der Waals surface area contributed by atoms with Gasteiger partial charge < -0.3 is 20.5 Å². The van der Waals surface area contributed by atoms with Gasteiger partial charge in [0.2, 0.25) is 5.91 Å². The summed E-state index contributed by atoms with van der Waals surface area (Å²) in [5, 5.41) is 18.9. The number of nitrogens with two attached hydrogens (primary N) is 1. The third-order valence-electron chi connectivity index (χ3n) is 4.65. The average Bonchev–Trinajstić information content (AvgIpc) is 2.70. The molecule has 28 heavy (non-hydrogen) atoms. The van der Waals surface area contributed by atoms with Crippen molar-refractivity contribution in [3.63, 3.8) is 0 Å². The monoisotopic (exact) mass is 390 g/mol. The molecule has 0 bridgehead atoms. The standard InChI is InChI=1S/C19H26N4O5/c1-12(19(27)23-8-6-15(7-9-23)28-11-17(25)26)22-10-16(24)13-2-4-14(5-3-13)18(20)21/h2-5,12,15,22H,6-11H2,1H3,(H3,20,21)(H,25,26)/t12-/m0/s1. The van der Waals surface area contributed by atoms with Gasteiger partial charge in [0.1, 0.15) is 12.4 Å². The minimum atomic E-state index is -1.00. The topological polar surface area (TPSA) is 146 Å². The van der Waals surface area contributed by atoms with Crippen molar-refractivity contribution in [3.8, 4) is 0 Å². The average molecular weight is 390 g/mol. The molecular formula is C19H26N4O5. The van der Waals surface area contributed by atoms with Crippen molar-refractivity contribution in [2.75, 3.05) is 26.2 Å². The summed E-state index contributed by atoms with van der Waals surface area (Å²) in [5.74, 6) is -1.32. The Labute approximate surface area is 163 Å². The van der Waals surface area contributed by atoms with E-state index in [1.54, 1.807) is 36.1 Å². The van der Waals surface area contributed by atoms with Gasteiger partial charge in [0.05, 0.1) is 18.7 Å². The van der Waals surface area contributed by atoms with Crippen molar-refractivity contribution in [2.24, 2.45) is 5.73 Å². The highest BCUT2D eigenvalue weighted by molar-refractivity contribution is 6.00. The maximum atomic E-state index is 12.5. The van der Waals surface area contributed by atoms with Crippen molar-refractivity contribution in [1.29, 1.82) is 5.41 Å². The molecule has 9 heteroatoms. The number of carbonyl (C=O) groups is 3. The first-order valence-electron chi connectivity index (χ1n) is 9.11. The Morgan fingerprint density at radius 2 is 1.82 bits per heavy atom. The number of Topliss-reactive ketones (excluding diaryl/α,β-unsaturated/α-hetero) is 1. The summed E-state index contributed by atoms with van der Waals surface area (Å²) in [6.45, 7) is 2.39. The largest absolute Gasteiger partial charge is 0.480 e. The number of carboxylic acids is 1. The van der Waals surface area contributed by atoms with Gasteiger partial charge in [-0.1, -0.05) is 24.3 Å². The number of nitrogens with one attached hydrogen (secondary N) is 2. The van der Waals surface area contributed by atoms with Crippen LogP contribution in [-0.2, 0) is 14.3 Å². The third kappa shape index (κ3) is 6.14. The zero-order chi connectivity index (χ0) is 20.7. The van der Waals surface area contributed by atoms with E-state index in [1.165, 1.54) is 0 Å². The third-order valence-corrected chi connectivity index (χ3v) is 4.65. The highest BCUT2D eigenvalue weighted by Crippen LogP contribution is 2.14. The van der Waals surface area contributed by atoms with Crippen molar-refractivity contribution in [1.82, 2.24) is 10.2 Å². The number of hydrogen-bond donors (Lipinski definition) is 4. The Bertz CT molecular complexity index is 726. The van der Waals surface area contributed by atoms with Gasteiger partial charge in [-0.2, -0.15) is 0 Å². The fraction of sp³-hybridized carbons (Fsp3) is 0.474. The summed E-state index contributed by atoms with van der Waals surface area (Å²) >= 11 is 0. The van der Waals surface area contributed by atoms with Gasteiger partial charge in [0.15, 0.2) is 5.78 Å². The SMILES string of the molecule is C[C@H](NCC(=O)c1ccc(C(=N)N)cc1)C(=O)N1CCC(OCC(=O)O)CC1. The molecule has 1 saturated heterocycles. The Morgan fingerprint density at radius 3 is 2.36 bits per heavy atom. The summed E-state index contributed by atoms with van der Waals surface area (Å²) < 4.78 is 5.27. The molecule has 1 aliphatic heterocycles. The van der Waals surface area contributed by atoms with E-state index in [1.807, 2.05) is 0 Å². The van der Waals surface area contributed by atoms with E-state index in [2.05, 4.69) is 5.32 Å². The molecule has 1 aromatic carbocycles. The van der Waals surface area contributed by atoms with Gasteiger partial charge in [0, 0.05) is 24.2 Å². The lowest BCUT2D eigenvalue weighted by Crippen LogP contribution is -2.49. The summed E-state index contributed by atoms with van der Waals surface area (Å²) in [5.41, 5.74) is 6.42. The molecule has 1 heterocycles. The predicted molar refractivity (Wildman–Crippen MR) is 102 cm³/mol. The number of benzene rings is 1. The van der Waals surface area contributed by atoms with Gasteiger partial charge in [0.25, 0.3) is 0 Å². The van der Waals surface area contributed by atoms with E-state index in [0.29, 0.717) is 37.1 Å². The van der Waals surface area contributed by atoms with Crippen LogP contribution in [0.15, 0.2) is 24.3 Å². The number of amidine groups is 1. The molecule has 9 nitrogen and oxygen atoms in total. The zero-order valence-electron chi connectivity index (χ0n) is 15.8. The number of rotatable bonds is 9. The maximum Gasteiger partial charge on any atom is 0.329 e. The van der Waals surface area contributed by atoms with Crippen LogP contribution in [0.5, 0.6) is 0 Å². The van der Waals surface area contributed by atoms with Crippen LogP contribution in [0.2, 0.25) is 0 Å². The number of nitrogens with zero attached hydrogens (tertiary/aromatic N) is 1. The smallest absolute Gasteiger partial charge is 0.329 e. The van der Waals surface area contributed by atoms with Crippen LogP contribution in [0.4, 0.5) is 0 Å². The lowest BCUT2D eigenvalue weighted by Gasteiger charge is -2.33. The van der Waals surface area contributed by atoms with E-state index in [4.69, 9.17) is 21.0 Å². The Balaban J connectivity index is 1.77. The highest BCUT2D eigenvalue weighted by Gasteiger charge is 2.26. The molecule has 0 spiro atoms. The Hall–Kier alpha value is -2.78. The minimum absolute atomic E-state index is 0.0184. The van der Waals surface area contributed by atoms with Crippen LogP contribution in [-0.4, -0.2) is 71.9 Å².